The molecule has 3 rings (SSSR count). The first-order chi connectivity index (χ1) is 9.26. The van der Waals surface area contributed by atoms with Crippen molar-refractivity contribution in [1.82, 2.24) is 4.98 Å². The van der Waals surface area contributed by atoms with E-state index in [-0.39, 0.29) is 11.9 Å². The fraction of sp³-hybridized carbons (Fsp3) is 0.429. The van der Waals surface area contributed by atoms with E-state index in [1.54, 1.807) is 11.3 Å². The molecule has 1 aromatic carbocycles. The van der Waals surface area contributed by atoms with Gasteiger partial charge in [-0.3, -0.25) is 4.79 Å². The van der Waals surface area contributed by atoms with Gasteiger partial charge in [-0.05, 0) is 31.4 Å². The van der Waals surface area contributed by atoms with E-state index in [0.29, 0.717) is 6.04 Å². The van der Waals surface area contributed by atoms with E-state index in [1.165, 1.54) is 11.8 Å². The Morgan fingerprint density at radius 2 is 2.26 bits per heavy atom. The lowest BCUT2D eigenvalue weighted by molar-refractivity contribution is -0.145. The summed E-state index contributed by atoms with van der Waals surface area (Å²) in [4.78, 5) is 16.0. The molecule has 1 N–H and O–H groups in total. The van der Waals surface area contributed by atoms with Gasteiger partial charge in [-0.25, -0.2) is 4.98 Å². The van der Waals surface area contributed by atoms with Crippen molar-refractivity contribution < 1.29 is 9.53 Å². The van der Waals surface area contributed by atoms with Crippen LogP contribution in [0.3, 0.4) is 0 Å². The van der Waals surface area contributed by atoms with E-state index in [1.807, 2.05) is 18.2 Å². The van der Waals surface area contributed by atoms with Gasteiger partial charge in [0, 0.05) is 6.04 Å². The van der Waals surface area contributed by atoms with Crippen molar-refractivity contribution in [3.05, 3.63) is 24.3 Å². The molecule has 0 radical (unpaired) electrons. The van der Waals surface area contributed by atoms with Crippen molar-refractivity contribution in [2.75, 3.05) is 12.4 Å². The fourth-order valence-electron chi connectivity index (χ4n) is 2.60. The molecule has 2 atom stereocenters. The predicted molar refractivity (Wildman–Crippen MR) is 76.4 cm³/mol. The number of methoxy groups -OCH3 is 1. The molecule has 1 aromatic heterocycles. The molecule has 0 spiro atoms. The van der Waals surface area contributed by atoms with Crippen molar-refractivity contribution in [2.45, 2.75) is 25.3 Å². The minimum atomic E-state index is -0.0893. The first-order valence-corrected chi connectivity index (χ1v) is 7.28. The molecule has 0 amide bonds. The zero-order valence-electron chi connectivity index (χ0n) is 10.8. The van der Waals surface area contributed by atoms with Gasteiger partial charge in [-0.15, -0.1) is 0 Å². The lowest BCUT2D eigenvalue weighted by Gasteiger charge is -2.11. The topological polar surface area (TPSA) is 51.2 Å². The Balaban J connectivity index is 1.67. The lowest BCUT2D eigenvalue weighted by atomic mass is 10.1. The van der Waals surface area contributed by atoms with Crippen LogP contribution in [0, 0.1) is 5.92 Å². The molecule has 19 heavy (non-hydrogen) atoms. The van der Waals surface area contributed by atoms with Gasteiger partial charge in [0.1, 0.15) is 0 Å². The molecule has 0 saturated heterocycles. The van der Waals surface area contributed by atoms with Crippen LogP contribution in [0.25, 0.3) is 10.2 Å². The van der Waals surface area contributed by atoms with Crippen LogP contribution in [0.5, 0.6) is 0 Å². The number of thiazole rings is 1. The quantitative estimate of drug-likeness (QED) is 0.875. The van der Waals surface area contributed by atoms with Gasteiger partial charge in [0.25, 0.3) is 0 Å². The first kappa shape index (κ1) is 12.4. The number of esters is 1. The van der Waals surface area contributed by atoms with Crippen LogP contribution in [0.15, 0.2) is 24.3 Å². The molecule has 100 valence electrons. The summed E-state index contributed by atoms with van der Waals surface area (Å²) in [5.41, 5.74) is 1.03. The standard InChI is InChI=1S/C14H16N2O2S/c1-18-13(17)9-6-7-10(8-9)15-14-16-11-4-2-3-5-12(11)19-14/h2-5,9-10H,6-8H2,1H3,(H,15,16)/t9-,10+/m0/s1. The molecule has 1 aliphatic rings. The van der Waals surface area contributed by atoms with Gasteiger partial charge >= 0.3 is 5.97 Å². The Bertz CT molecular complexity index is 563. The van der Waals surface area contributed by atoms with Gasteiger partial charge in [0.05, 0.1) is 23.2 Å². The second-order valence-corrected chi connectivity index (χ2v) is 5.89. The summed E-state index contributed by atoms with van der Waals surface area (Å²) in [6, 6.07) is 8.43. The third kappa shape index (κ3) is 2.56. The Morgan fingerprint density at radius 1 is 1.42 bits per heavy atom. The Labute approximate surface area is 115 Å². The summed E-state index contributed by atoms with van der Waals surface area (Å²) >= 11 is 1.66. The summed E-state index contributed by atoms with van der Waals surface area (Å²) < 4.78 is 5.99. The summed E-state index contributed by atoms with van der Waals surface area (Å²) in [7, 11) is 1.45. The zero-order chi connectivity index (χ0) is 13.2. The highest BCUT2D eigenvalue weighted by Crippen LogP contribution is 2.32. The highest BCUT2D eigenvalue weighted by Gasteiger charge is 2.30. The minimum Gasteiger partial charge on any atom is -0.469 e. The van der Waals surface area contributed by atoms with E-state index in [9.17, 15) is 4.79 Å². The lowest BCUT2D eigenvalue weighted by Crippen LogP contribution is -2.18. The van der Waals surface area contributed by atoms with Gasteiger partial charge in [0.2, 0.25) is 0 Å². The van der Waals surface area contributed by atoms with Crippen molar-refractivity contribution >= 4 is 32.7 Å². The normalized spacial score (nSPS) is 22.6. The van der Waals surface area contributed by atoms with Crippen LogP contribution in [-0.4, -0.2) is 24.1 Å². The molecule has 1 saturated carbocycles. The number of fused-ring (bicyclic) bond motifs is 1. The SMILES string of the molecule is COC(=O)[C@H]1CC[C@@H](Nc2nc3ccccc3s2)C1. The molecule has 1 fully saturated rings. The second kappa shape index (κ2) is 5.17. The van der Waals surface area contributed by atoms with Crippen molar-refractivity contribution in [3.63, 3.8) is 0 Å². The number of benzene rings is 1. The van der Waals surface area contributed by atoms with Crippen LogP contribution in [0.2, 0.25) is 0 Å². The van der Waals surface area contributed by atoms with Crippen LogP contribution >= 0.6 is 11.3 Å². The number of nitrogens with zero attached hydrogens (tertiary/aromatic N) is 1. The molecule has 2 aromatic rings. The van der Waals surface area contributed by atoms with E-state index in [4.69, 9.17) is 4.74 Å². The number of hydrogen-bond donors (Lipinski definition) is 1. The van der Waals surface area contributed by atoms with Crippen molar-refractivity contribution in [3.8, 4) is 0 Å². The first-order valence-electron chi connectivity index (χ1n) is 6.46. The molecule has 4 nitrogen and oxygen atoms in total. The number of para-hydroxylation sites is 1. The fourth-order valence-corrected chi connectivity index (χ4v) is 3.54. The Morgan fingerprint density at radius 3 is 3.05 bits per heavy atom. The smallest absolute Gasteiger partial charge is 0.308 e. The second-order valence-electron chi connectivity index (χ2n) is 4.86. The van der Waals surface area contributed by atoms with Crippen LogP contribution in [0.1, 0.15) is 19.3 Å². The van der Waals surface area contributed by atoms with Gasteiger partial charge in [-0.1, -0.05) is 23.5 Å². The van der Waals surface area contributed by atoms with Crippen molar-refractivity contribution in [2.24, 2.45) is 5.92 Å². The van der Waals surface area contributed by atoms with Gasteiger partial charge in [0.15, 0.2) is 5.13 Å². The summed E-state index contributed by atoms with van der Waals surface area (Å²) in [6.07, 6.45) is 2.73. The van der Waals surface area contributed by atoms with Crippen LogP contribution < -0.4 is 5.32 Å². The van der Waals surface area contributed by atoms with Crippen molar-refractivity contribution in [1.29, 1.82) is 0 Å². The third-order valence-electron chi connectivity index (χ3n) is 3.59. The monoisotopic (exact) mass is 276 g/mol. The Hall–Kier alpha value is -1.62. The van der Waals surface area contributed by atoms with E-state index < -0.39 is 0 Å². The number of rotatable bonds is 3. The molecule has 5 heteroatoms. The highest BCUT2D eigenvalue weighted by atomic mass is 32.1. The summed E-state index contributed by atoms with van der Waals surface area (Å²) in [5.74, 6) is -0.0505. The molecule has 0 unspecified atom stereocenters. The molecule has 0 bridgehead atoms. The van der Waals surface area contributed by atoms with E-state index in [2.05, 4.69) is 16.4 Å². The van der Waals surface area contributed by atoms with Crippen LogP contribution in [-0.2, 0) is 9.53 Å². The number of anilines is 1. The zero-order valence-corrected chi connectivity index (χ0v) is 11.6. The van der Waals surface area contributed by atoms with Crippen LogP contribution in [0.4, 0.5) is 5.13 Å². The maximum absolute atomic E-state index is 11.5. The largest absolute Gasteiger partial charge is 0.469 e. The third-order valence-corrected chi connectivity index (χ3v) is 4.56. The number of carbonyl (C=O) groups is 1. The van der Waals surface area contributed by atoms with Gasteiger partial charge in [-0.2, -0.15) is 0 Å². The average Bonchev–Trinajstić information content (AvgIpc) is 3.04. The molecule has 1 heterocycles. The molecule has 0 aliphatic heterocycles. The number of aromatic nitrogens is 1. The van der Waals surface area contributed by atoms with E-state index in [0.717, 1.165) is 29.9 Å². The number of nitrogens with one attached hydrogen (secondary N) is 1. The Kier molecular flexibility index (Phi) is 3.38. The van der Waals surface area contributed by atoms with E-state index >= 15 is 0 Å². The minimum absolute atomic E-state index is 0.0388. The van der Waals surface area contributed by atoms with Gasteiger partial charge < -0.3 is 10.1 Å². The maximum Gasteiger partial charge on any atom is 0.308 e. The summed E-state index contributed by atoms with van der Waals surface area (Å²) in [5, 5.41) is 4.38. The average molecular weight is 276 g/mol. The summed E-state index contributed by atoms with van der Waals surface area (Å²) in [6.45, 7) is 0. The number of ether oxygens (including phenoxy) is 1. The predicted octanol–water partition coefficient (Wildman–Crippen LogP) is 3.05. The highest BCUT2D eigenvalue weighted by molar-refractivity contribution is 7.22. The molecular formula is C14H16N2O2S. The number of carbonyl (C=O) groups excluding carboxylic acids is 1. The maximum atomic E-state index is 11.5. The molecular weight excluding hydrogens is 260 g/mol. The number of hydrogen-bond acceptors (Lipinski definition) is 5. The molecule has 1 aliphatic carbocycles.